The van der Waals surface area contributed by atoms with Crippen molar-refractivity contribution in [2.45, 2.75) is 24.3 Å². The van der Waals surface area contributed by atoms with Gasteiger partial charge in [-0.2, -0.15) is 0 Å². The SMILES string of the molecule is CC[C@H](C(=O)Nc1ccccc1SC)N(c1ccc(OC)cc1)S(C)(=O)=O. The number of nitrogens with zero attached hydrogens (tertiary/aromatic N) is 1. The van der Waals surface area contributed by atoms with Crippen molar-refractivity contribution < 1.29 is 17.9 Å². The number of para-hydroxylation sites is 1. The molecule has 0 aliphatic rings. The highest BCUT2D eigenvalue weighted by molar-refractivity contribution is 7.98. The predicted octanol–water partition coefficient (Wildman–Crippen LogP) is 3.60. The molecule has 8 heteroatoms. The van der Waals surface area contributed by atoms with Crippen LogP contribution in [-0.4, -0.2) is 40.0 Å². The van der Waals surface area contributed by atoms with Crippen molar-refractivity contribution in [1.82, 2.24) is 0 Å². The monoisotopic (exact) mass is 408 g/mol. The Labute approximate surface area is 165 Å². The third kappa shape index (κ3) is 5.17. The molecule has 1 N–H and O–H groups in total. The Morgan fingerprint density at radius 1 is 1.19 bits per heavy atom. The number of ether oxygens (including phenoxy) is 1. The van der Waals surface area contributed by atoms with Gasteiger partial charge in [0.15, 0.2) is 0 Å². The molecule has 0 aliphatic heterocycles. The summed E-state index contributed by atoms with van der Waals surface area (Å²) < 4.78 is 31.2. The highest BCUT2D eigenvalue weighted by atomic mass is 32.2. The van der Waals surface area contributed by atoms with Gasteiger partial charge in [0, 0.05) is 4.90 Å². The van der Waals surface area contributed by atoms with E-state index in [4.69, 9.17) is 4.74 Å². The van der Waals surface area contributed by atoms with Crippen LogP contribution in [0.4, 0.5) is 11.4 Å². The largest absolute Gasteiger partial charge is 0.497 e. The molecule has 0 aromatic heterocycles. The van der Waals surface area contributed by atoms with Crippen LogP contribution in [0.1, 0.15) is 13.3 Å². The van der Waals surface area contributed by atoms with Crippen LogP contribution in [0.25, 0.3) is 0 Å². The van der Waals surface area contributed by atoms with Gasteiger partial charge >= 0.3 is 0 Å². The fourth-order valence-electron chi connectivity index (χ4n) is 2.75. The van der Waals surface area contributed by atoms with Gasteiger partial charge in [0.2, 0.25) is 15.9 Å². The number of carbonyl (C=O) groups is 1. The molecule has 1 atom stereocenters. The highest BCUT2D eigenvalue weighted by Crippen LogP contribution is 2.28. The van der Waals surface area contributed by atoms with Crippen LogP contribution >= 0.6 is 11.8 Å². The maximum Gasteiger partial charge on any atom is 0.248 e. The van der Waals surface area contributed by atoms with Gasteiger partial charge in [-0.15, -0.1) is 11.8 Å². The number of anilines is 2. The summed E-state index contributed by atoms with van der Waals surface area (Å²) in [6.45, 7) is 1.78. The normalized spacial score (nSPS) is 12.3. The van der Waals surface area contributed by atoms with E-state index in [1.54, 1.807) is 37.3 Å². The first-order chi connectivity index (χ1) is 12.8. The van der Waals surface area contributed by atoms with Gasteiger partial charge in [-0.3, -0.25) is 9.10 Å². The fraction of sp³-hybridized carbons (Fsp3) is 0.316. The van der Waals surface area contributed by atoms with Crippen molar-refractivity contribution in [3.05, 3.63) is 48.5 Å². The van der Waals surface area contributed by atoms with Crippen LogP contribution < -0.4 is 14.4 Å². The topological polar surface area (TPSA) is 75.7 Å². The fourth-order valence-corrected chi connectivity index (χ4v) is 4.52. The first kappa shape index (κ1) is 21.1. The summed E-state index contributed by atoms with van der Waals surface area (Å²) >= 11 is 1.51. The van der Waals surface area contributed by atoms with E-state index in [2.05, 4.69) is 5.32 Å². The smallest absolute Gasteiger partial charge is 0.248 e. The van der Waals surface area contributed by atoms with Crippen molar-refractivity contribution in [1.29, 1.82) is 0 Å². The maximum atomic E-state index is 12.9. The lowest BCUT2D eigenvalue weighted by Crippen LogP contribution is -2.47. The third-order valence-electron chi connectivity index (χ3n) is 4.02. The van der Waals surface area contributed by atoms with Gasteiger partial charge in [-0.25, -0.2) is 8.42 Å². The lowest BCUT2D eigenvalue weighted by Gasteiger charge is -2.30. The predicted molar refractivity (Wildman–Crippen MR) is 111 cm³/mol. The summed E-state index contributed by atoms with van der Waals surface area (Å²) in [6.07, 6.45) is 3.35. The van der Waals surface area contributed by atoms with Crippen LogP contribution in [0.15, 0.2) is 53.4 Å². The van der Waals surface area contributed by atoms with E-state index in [9.17, 15) is 13.2 Å². The molecule has 27 heavy (non-hydrogen) atoms. The number of methoxy groups -OCH3 is 1. The first-order valence-electron chi connectivity index (χ1n) is 8.39. The standard InChI is InChI=1S/C19H24N2O4S2/c1-5-17(19(22)20-16-8-6-7-9-18(16)26-3)21(27(4,23)24)14-10-12-15(25-2)13-11-14/h6-13,17H,5H2,1-4H3,(H,20,22)/t17-/m1/s1. The molecule has 0 fully saturated rings. The molecule has 2 aromatic rings. The molecular weight excluding hydrogens is 384 g/mol. The molecule has 0 spiro atoms. The average molecular weight is 409 g/mol. The van der Waals surface area contributed by atoms with Crippen molar-refractivity contribution in [3.8, 4) is 5.75 Å². The van der Waals surface area contributed by atoms with E-state index in [1.807, 2.05) is 24.5 Å². The number of sulfonamides is 1. The molecule has 0 unspecified atom stereocenters. The second-order valence-corrected chi connectivity index (χ2v) is 8.58. The van der Waals surface area contributed by atoms with Gasteiger partial charge in [-0.05, 0) is 49.1 Å². The van der Waals surface area contributed by atoms with Crippen molar-refractivity contribution in [3.63, 3.8) is 0 Å². The summed E-state index contributed by atoms with van der Waals surface area (Å²) in [5, 5.41) is 2.87. The summed E-state index contributed by atoms with van der Waals surface area (Å²) in [5.74, 6) is 0.235. The van der Waals surface area contributed by atoms with E-state index in [1.165, 1.54) is 18.9 Å². The summed E-state index contributed by atoms with van der Waals surface area (Å²) in [7, 11) is -2.14. The summed E-state index contributed by atoms with van der Waals surface area (Å²) in [6, 6.07) is 13.1. The van der Waals surface area contributed by atoms with Gasteiger partial charge < -0.3 is 10.1 Å². The molecule has 0 saturated heterocycles. The Balaban J connectivity index is 2.38. The lowest BCUT2D eigenvalue weighted by atomic mass is 10.1. The van der Waals surface area contributed by atoms with Gasteiger partial charge in [0.25, 0.3) is 0 Å². The van der Waals surface area contributed by atoms with Crippen LogP contribution in [0.5, 0.6) is 5.75 Å². The Morgan fingerprint density at radius 3 is 2.33 bits per heavy atom. The number of thioether (sulfide) groups is 1. The number of benzene rings is 2. The Kier molecular flexibility index (Phi) is 7.15. The van der Waals surface area contributed by atoms with Crippen molar-refractivity contribution in [2.24, 2.45) is 0 Å². The number of carbonyl (C=O) groups excluding carboxylic acids is 1. The molecule has 1 amide bonds. The van der Waals surface area contributed by atoms with Crippen LogP contribution in [0.2, 0.25) is 0 Å². The van der Waals surface area contributed by atoms with E-state index >= 15 is 0 Å². The minimum absolute atomic E-state index is 0.326. The molecular formula is C19H24N2O4S2. The number of nitrogens with one attached hydrogen (secondary N) is 1. The highest BCUT2D eigenvalue weighted by Gasteiger charge is 2.31. The minimum atomic E-state index is -3.68. The van der Waals surface area contributed by atoms with Crippen molar-refractivity contribution >= 4 is 39.1 Å². The zero-order valence-corrected chi connectivity index (χ0v) is 17.4. The zero-order valence-electron chi connectivity index (χ0n) is 15.8. The first-order valence-corrected chi connectivity index (χ1v) is 11.5. The number of hydrogen-bond donors (Lipinski definition) is 1. The van der Waals surface area contributed by atoms with Gasteiger partial charge in [0.1, 0.15) is 11.8 Å². The Hall–Kier alpha value is -2.19. The second-order valence-electron chi connectivity index (χ2n) is 5.87. The second kappa shape index (κ2) is 9.14. The molecule has 0 aliphatic carbocycles. The molecule has 6 nitrogen and oxygen atoms in total. The Morgan fingerprint density at radius 2 is 1.81 bits per heavy atom. The van der Waals surface area contributed by atoms with Crippen LogP contribution in [0, 0.1) is 0 Å². The quantitative estimate of drug-likeness (QED) is 0.676. The molecule has 0 bridgehead atoms. The number of amides is 1. The Bertz CT molecular complexity index is 883. The molecule has 0 heterocycles. The number of hydrogen-bond acceptors (Lipinski definition) is 5. The van der Waals surface area contributed by atoms with Crippen LogP contribution in [0.3, 0.4) is 0 Å². The maximum absolute atomic E-state index is 12.9. The van der Waals surface area contributed by atoms with E-state index < -0.39 is 16.1 Å². The minimum Gasteiger partial charge on any atom is -0.497 e. The van der Waals surface area contributed by atoms with E-state index in [-0.39, 0.29) is 5.91 Å². The zero-order chi connectivity index (χ0) is 20.0. The molecule has 2 rings (SSSR count). The van der Waals surface area contributed by atoms with Gasteiger partial charge in [0.05, 0.1) is 24.7 Å². The van der Waals surface area contributed by atoms with Crippen LogP contribution in [-0.2, 0) is 14.8 Å². The summed E-state index contributed by atoms with van der Waals surface area (Å²) in [4.78, 5) is 13.9. The van der Waals surface area contributed by atoms with Crippen molar-refractivity contribution in [2.75, 3.05) is 29.2 Å². The molecule has 0 saturated carbocycles. The molecule has 2 aromatic carbocycles. The lowest BCUT2D eigenvalue weighted by molar-refractivity contribution is -0.117. The molecule has 146 valence electrons. The van der Waals surface area contributed by atoms with E-state index in [0.717, 1.165) is 15.5 Å². The van der Waals surface area contributed by atoms with E-state index in [0.29, 0.717) is 23.5 Å². The number of rotatable bonds is 8. The van der Waals surface area contributed by atoms with Gasteiger partial charge in [-0.1, -0.05) is 19.1 Å². The molecule has 0 radical (unpaired) electrons. The third-order valence-corrected chi connectivity index (χ3v) is 6.00. The summed E-state index contributed by atoms with van der Waals surface area (Å²) in [5.41, 5.74) is 1.08. The average Bonchev–Trinajstić information content (AvgIpc) is 2.65.